The van der Waals surface area contributed by atoms with E-state index in [0.717, 1.165) is 12.0 Å². The Bertz CT molecular complexity index is 405. The molecule has 3 atom stereocenters. The molecule has 0 aliphatic heterocycles. The fraction of sp³-hybridized carbons (Fsp3) is 0.600. The van der Waals surface area contributed by atoms with Crippen LogP contribution in [-0.2, 0) is 6.42 Å². The molecule has 2 rings (SSSR count). The number of rotatable bonds is 4. The normalized spacial score (nSPS) is 25.3. The van der Waals surface area contributed by atoms with Gasteiger partial charge in [0, 0.05) is 12.1 Å². The standard InChI is InChI=1S/C15H21F2N/c1-10-3-4-12(7-10)15(18-2)8-11-5-6-13(16)9-14(11)17/h5-6,9-10,12,15,18H,3-4,7-8H2,1-2H3. The maximum Gasteiger partial charge on any atom is 0.129 e. The Balaban J connectivity index is 2.05. The molecule has 100 valence electrons. The van der Waals surface area contributed by atoms with Gasteiger partial charge >= 0.3 is 0 Å². The molecule has 0 aromatic heterocycles. The first-order valence-corrected chi connectivity index (χ1v) is 6.71. The molecule has 0 saturated heterocycles. The van der Waals surface area contributed by atoms with Crippen LogP contribution in [0.2, 0.25) is 0 Å². The summed E-state index contributed by atoms with van der Waals surface area (Å²) in [4.78, 5) is 0. The van der Waals surface area contributed by atoms with Gasteiger partial charge in [-0.3, -0.25) is 0 Å². The van der Waals surface area contributed by atoms with Crippen LogP contribution in [0.1, 0.15) is 31.7 Å². The molecule has 0 bridgehead atoms. The smallest absolute Gasteiger partial charge is 0.129 e. The number of hydrogen-bond donors (Lipinski definition) is 1. The highest BCUT2D eigenvalue weighted by atomic mass is 19.1. The van der Waals surface area contributed by atoms with Gasteiger partial charge in [-0.2, -0.15) is 0 Å². The fourth-order valence-electron chi connectivity index (χ4n) is 3.05. The molecule has 0 heterocycles. The molecular formula is C15H21F2N. The molecule has 1 saturated carbocycles. The fourth-order valence-corrected chi connectivity index (χ4v) is 3.05. The van der Waals surface area contributed by atoms with Crippen LogP contribution in [0.25, 0.3) is 0 Å². The zero-order valence-electron chi connectivity index (χ0n) is 11.0. The Morgan fingerprint density at radius 3 is 2.67 bits per heavy atom. The quantitative estimate of drug-likeness (QED) is 0.865. The van der Waals surface area contributed by atoms with Gasteiger partial charge in [0.1, 0.15) is 11.6 Å². The molecule has 1 N–H and O–H groups in total. The van der Waals surface area contributed by atoms with E-state index in [1.54, 1.807) is 6.07 Å². The van der Waals surface area contributed by atoms with Crippen molar-refractivity contribution < 1.29 is 8.78 Å². The summed E-state index contributed by atoms with van der Waals surface area (Å²) >= 11 is 0. The summed E-state index contributed by atoms with van der Waals surface area (Å²) in [5, 5.41) is 3.29. The second-order valence-electron chi connectivity index (χ2n) is 5.51. The van der Waals surface area contributed by atoms with Crippen molar-refractivity contribution in [2.24, 2.45) is 11.8 Å². The van der Waals surface area contributed by atoms with Crippen molar-refractivity contribution in [3.8, 4) is 0 Å². The van der Waals surface area contributed by atoms with E-state index in [0.29, 0.717) is 17.9 Å². The summed E-state index contributed by atoms with van der Waals surface area (Å²) in [6, 6.07) is 4.16. The van der Waals surface area contributed by atoms with Crippen molar-refractivity contribution in [3.05, 3.63) is 35.4 Å². The van der Waals surface area contributed by atoms with Crippen LogP contribution in [0.15, 0.2) is 18.2 Å². The summed E-state index contributed by atoms with van der Waals surface area (Å²) in [6.45, 7) is 2.27. The van der Waals surface area contributed by atoms with Crippen molar-refractivity contribution in [1.29, 1.82) is 0 Å². The molecule has 0 amide bonds. The molecule has 3 unspecified atom stereocenters. The van der Waals surface area contributed by atoms with E-state index in [1.165, 1.54) is 25.3 Å². The largest absolute Gasteiger partial charge is 0.316 e. The van der Waals surface area contributed by atoms with Gasteiger partial charge in [0.05, 0.1) is 0 Å². The summed E-state index contributed by atoms with van der Waals surface area (Å²) in [5.74, 6) is 0.436. The highest BCUT2D eigenvalue weighted by Gasteiger charge is 2.28. The zero-order chi connectivity index (χ0) is 13.1. The summed E-state index contributed by atoms with van der Waals surface area (Å²) in [7, 11) is 1.93. The van der Waals surface area contributed by atoms with Crippen LogP contribution in [0.3, 0.4) is 0 Å². The minimum absolute atomic E-state index is 0.287. The van der Waals surface area contributed by atoms with Gasteiger partial charge in [0.2, 0.25) is 0 Å². The van der Waals surface area contributed by atoms with E-state index in [2.05, 4.69) is 12.2 Å². The topological polar surface area (TPSA) is 12.0 Å². The number of nitrogens with one attached hydrogen (secondary N) is 1. The first kappa shape index (κ1) is 13.5. The van der Waals surface area contributed by atoms with Crippen molar-refractivity contribution >= 4 is 0 Å². The molecule has 1 aliphatic carbocycles. The second-order valence-corrected chi connectivity index (χ2v) is 5.51. The number of benzene rings is 1. The minimum Gasteiger partial charge on any atom is -0.316 e. The van der Waals surface area contributed by atoms with E-state index >= 15 is 0 Å². The van der Waals surface area contributed by atoms with Crippen LogP contribution in [0.4, 0.5) is 8.78 Å². The number of halogens is 2. The molecule has 1 aromatic carbocycles. The summed E-state index contributed by atoms with van der Waals surface area (Å²) in [6.07, 6.45) is 4.30. The van der Waals surface area contributed by atoms with Gasteiger partial charge in [-0.15, -0.1) is 0 Å². The molecule has 1 fully saturated rings. The SMILES string of the molecule is CNC(Cc1ccc(F)cc1F)C1CCC(C)C1. The van der Waals surface area contributed by atoms with Crippen LogP contribution < -0.4 is 5.32 Å². The van der Waals surface area contributed by atoms with Crippen molar-refractivity contribution in [3.63, 3.8) is 0 Å². The highest BCUT2D eigenvalue weighted by Crippen LogP contribution is 2.33. The van der Waals surface area contributed by atoms with Crippen molar-refractivity contribution in [2.75, 3.05) is 7.05 Å². The van der Waals surface area contributed by atoms with Gasteiger partial charge in [-0.25, -0.2) is 8.78 Å². The van der Waals surface area contributed by atoms with Gasteiger partial charge in [0.25, 0.3) is 0 Å². The number of likely N-dealkylation sites (N-methyl/N-ethyl adjacent to an activating group) is 1. The Kier molecular flexibility index (Phi) is 4.33. The van der Waals surface area contributed by atoms with Gasteiger partial charge in [0.15, 0.2) is 0 Å². The van der Waals surface area contributed by atoms with E-state index in [1.807, 2.05) is 7.05 Å². The lowest BCUT2D eigenvalue weighted by atomic mass is 9.91. The highest BCUT2D eigenvalue weighted by molar-refractivity contribution is 5.20. The first-order chi connectivity index (χ1) is 8.60. The van der Waals surface area contributed by atoms with Crippen LogP contribution in [0, 0.1) is 23.5 Å². The van der Waals surface area contributed by atoms with E-state index in [-0.39, 0.29) is 6.04 Å². The lowest BCUT2D eigenvalue weighted by Crippen LogP contribution is -2.34. The molecule has 0 spiro atoms. The maximum atomic E-state index is 13.6. The molecule has 18 heavy (non-hydrogen) atoms. The van der Waals surface area contributed by atoms with Crippen molar-refractivity contribution in [2.45, 2.75) is 38.6 Å². The lowest BCUT2D eigenvalue weighted by Gasteiger charge is -2.23. The van der Waals surface area contributed by atoms with Gasteiger partial charge in [-0.05, 0) is 49.8 Å². The molecule has 1 nitrogen and oxygen atoms in total. The maximum absolute atomic E-state index is 13.6. The summed E-state index contributed by atoms with van der Waals surface area (Å²) < 4.78 is 26.5. The predicted octanol–water partition coefficient (Wildman–Crippen LogP) is 3.53. The monoisotopic (exact) mass is 253 g/mol. The Labute approximate surface area is 108 Å². The van der Waals surface area contributed by atoms with Crippen LogP contribution in [-0.4, -0.2) is 13.1 Å². The van der Waals surface area contributed by atoms with Crippen LogP contribution in [0.5, 0.6) is 0 Å². The lowest BCUT2D eigenvalue weighted by molar-refractivity contribution is 0.363. The average Bonchev–Trinajstić information content (AvgIpc) is 2.75. The predicted molar refractivity (Wildman–Crippen MR) is 69.4 cm³/mol. The van der Waals surface area contributed by atoms with E-state index < -0.39 is 11.6 Å². The van der Waals surface area contributed by atoms with E-state index in [9.17, 15) is 8.78 Å². The molecule has 3 heteroatoms. The van der Waals surface area contributed by atoms with Gasteiger partial charge in [-0.1, -0.05) is 19.4 Å². The minimum atomic E-state index is -0.508. The van der Waals surface area contributed by atoms with Gasteiger partial charge < -0.3 is 5.32 Å². The molecule has 1 aliphatic rings. The Hall–Kier alpha value is -0.960. The number of hydrogen-bond acceptors (Lipinski definition) is 1. The molecule has 1 aromatic rings. The zero-order valence-corrected chi connectivity index (χ0v) is 11.0. The average molecular weight is 253 g/mol. The second kappa shape index (κ2) is 5.79. The third-order valence-electron chi connectivity index (χ3n) is 4.13. The summed E-state index contributed by atoms with van der Waals surface area (Å²) in [5.41, 5.74) is 0.607. The van der Waals surface area contributed by atoms with E-state index in [4.69, 9.17) is 0 Å². The molecular weight excluding hydrogens is 232 g/mol. The first-order valence-electron chi connectivity index (χ1n) is 6.71. The third kappa shape index (κ3) is 3.08. The molecule has 0 radical (unpaired) electrons. The third-order valence-corrected chi connectivity index (χ3v) is 4.13. The van der Waals surface area contributed by atoms with Crippen LogP contribution >= 0.6 is 0 Å². The van der Waals surface area contributed by atoms with Crippen molar-refractivity contribution in [1.82, 2.24) is 5.32 Å². The Morgan fingerprint density at radius 2 is 2.11 bits per heavy atom. The Morgan fingerprint density at radius 1 is 1.33 bits per heavy atom.